The van der Waals surface area contributed by atoms with Crippen molar-refractivity contribution in [1.82, 2.24) is 15.3 Å². The van der Waals surface area contributed by atoms with Gasteiger partial charge in [-0.05, 0) is 33.6 Å². The molecule has 0 spiro atoms. The van der Waals surface area contributed by atoms with Crippen molar-refractivity contribution in [2.75, 3.05) is 30.9 Å². The zero-order valence-corrected chi connectivity index (χ0v) is 16.6. The van der Waals surface area contributed by atoms with E-state index in [0.717, 1.165) is 12.8 Å². The number of halogens is 1. The minimum atomic E-state index is -0.523. The normalized spacial score (nSPS) is 11.2. The number of nitrogens with two attached hydrogens (primary N) is 1. The summed E-state index contributed by atoms with van der Waals surface area (Å²) in [5.74, 6) is 5.83. The lowest BCUT2D eigenvalue weighted by molar-refractivity contribution is 0.0527. The van der Waals surface area contributed by atoms with Gasteiger partial charge in [0, 0.05) is 25.2 Å². The fourth-order valence-corrected chi connectivity index (χ4v) is 2.40. The lowest BCUT2D eigenvalue weighted by Gasteiger charge is -2.19. The predicted octanol–water partition coefficient (Wildman–Crippen LogP) is 2.78. The molecule has 10 heteroatoms. The maximum absolute atomic E-state index is 13.8. The number of alkyl carbamates (subject to hydrolysis) is 1. The molecule has 0 unspecified atom stereocenters. The number of carbonyl (C=O) groups is 1. The molecule has 1 amide bonds. The number of fused-ring (bicyclic) bond motifs is 1. The van der Waals surface area contributed by atoms with Crippen LogP contribution in [0.5, 0.6) is 5.75 Å². The molecule has 1 aromatic carbocycles. The third kappa shape index (κ3) is 6.08. The number of anilines is 2. The van der Waals surface area contributed by atoms with E-state index in [4.69, 9.17) is 15.3 Å². The average Bonchev–Trinajstić information content (AvgIpc) is 2.62. The molecule has 5 N–H and O–H groups in total. The molecular formula is C18H27FN6O3. The Bertz CT molecular complexity index is 825. The Morgan fingerprint density at radius 3 is 2.43 bits per heavy atom. The molecule has 0 aliphatic rings. The summed E-state index contributed by atoms with van der Waals surface area (Å²) in [7, 11) is 1.39. The summed E-state index contributed by atoms with van der Waals surface area (Å²) in [5.41, 5.74) is 2.78. The fourth-order valence-electron chi connectivity index (χ4n) is 2.40. The summed E-state index contributed by atoms with van der Waals surface area (Å²) >= 11 is 0. The van der Waals surface area contributed by atoms with Gasteiger partial charge in [-0.2, -0.15) is 0 Å². The second-order valence-corrected chi connectivity index (χ2v) is 7.10. The van der Waals surface area contributed by atoms with Crippen molar-refractivity contribution in [3.8, 4) is 5.75 Å². The van der Waals surface area contributed by atoms with E-state index in [9.17, 15) is 9.18 Å². The van der Waals surface area contributed by atoms with Gasteiger partial charge < -0.3 is 25.5 Å². The fraction of sp³-hybridized carbons (Fsp3) is 0.500. The van der Waals surface area contributed by atoms with Crippen LogP contribution >= 0.6 is 0 Å². The maximum atomic E-state index is 13.8. The summed E-state index contributed by atoms with van der Waals surface area (Å²) in [6.45, 7) is 6.53. The van der Waals surface area contributed by atoms with Crippen molar-refractivity contribution in [3.63, 3.8) is 0 Å². The first-order valence-corrected chi connectivity index (χ1v) is 8.96. The van der Waals surface area contributed by atoms with E-state index in [1.807, 2.05) is 20.8 Å². The van der Waals surface area contributed by atoms with Gasteiger partial charge in [-0.1, -0.05) is 0 Å². The van der Waals surface area contributed by atoms with Crippen LogP contribution in [0.2, 0.25) is 0 Å². The molecule has 0 saturated heterocycles. The zero-order chi connectivity index (χ0) is 20.7. The van der Waals surface area contributed by atoms with Crippen molar-refractivity contribution < 1.29 is 18.7 Å². The maximum Gasteiger partial charge on any atom is 0.407 e. The van der Waals surface area contributed by atoms with Crippen molar-refractivity contribution in [1.29, 1.82) is 0 Å². The molecule has 28 heavy (non-hydrogen) atoms. The van der Waals surface area contributed by atoms with E-state index in [-0.39, 0.29) is 5.75 Å². The number of rotatable bonds is 8. The van der Waals surface area contributed by atoms with E-state index >= 15 is 0 Å². The first-order chi connectivity index (χ1) is 13.2. The molecule has 0 radical (unpaired) electrons. The molecule has 9 nitrogen and oxygen atoms in total. The Hall–Kier alpha value is -2.88. The average molecular weight is 394 g/mol. The highest BCUT2D eigenvalue weighted by Gasteiger charge is 2.15. The molecule has 0 atom stereocenters. The van der Waals surface area contributed by atoms with Crippen LogP contribution in [0.4, 0.5) is 20.8 Å². The summed E-state index contributed by atoms with van der Waals surface area (Å²) < 4.78 is 24.0. The summed E-state index contributed by atoms with van der Waals surface area (Å²) in [6.07, 6.45) is 1.08. The second-order valence-electron chi connectivity index (χ2n) is 7.10. The number of ether oxygens (including phenoxy) is 2. The number of aromatic nitrogens is 2. The Balaban J connectivity index is 1.89. The molecule has 0 saturated carbocycles. The van der Waals surface area contributed by atoms with Crippen LogP contribution in [0.15, 0.2) is 12.1 Å². The highest BCUT2D eigenvalue weighted by Crippen LogP contribution is 2.26. The number of hydrazine groups is 1. The van der Waals surface area contributed by atoms with Crippen molar-refractivity contribution in [2.24, 2.45) is 5.84 Å². The number of hydrogen-bond donors (Lipinski definition) is 4. The number of benzene rings is 1. The number of methoxy groups -OCH3 is 1. The molecule has 0 aliphatic heterocycles. The first kappa shape index (κ1) is 21.4. The third-order valence-electron chi connectivity index (χ3n) is 3.64. The zero-order valence-electron chi connectivity index (χ0n) is 16.6. The molecule has 2 rings (SSSR count). The molecular weight excluding hydrogens is 367 g/mol. The van der Waals surface area contributed by atoms with E-state index in [1.165, 1.54) is 19.2 Å². The van der Waals surface area contributed by atoms with Gasteiger partial charge in [0.1, 0.15) is 5.60 Å². The number of amides is 1. The first-order valence-electron chi connectivity index (χ1n) is 8.96. The van der Waals surface area contributed by atoms with Crippen LogP contribution in [-0.2, 0) is 4.74 Å². The van der Waals surface area contributed by atoms with Crippen LogP contribution < -0.4 is 26.6 Å². The minimum Gasteiger partial charge on any atom is -0.494 e. The Labute approximate surface area is 163 Å². The van der Waals surface area contributed by atoms with Gasteiger partial charge in [0.15, 0.2) is 23.2 Å². The van der Waals surface area contributed by atoms with Crippen LogP contribution in [0.1, 0.15) is 33.6 Å². The standard InChI is InChI=1S/C18H27FN6O3/c1-18(2,3)28-17(26)22-8-6-5-7-21-15-16(25-20)24-12-9-11(19)14(27-4)10-13(12)23-15/h9-10H,5-8,20H2,1-4H3,(H,21,23)(H,22,26)(H,24,25). The lowest BCUT2D eigenvalue weighted by atomic mass is 10.2. The van der Waals surface area contributed by atoms with Gasteiger partial charge in [0.05, 0.1) is 18.1 Å². The van der Waals surface area contributed by atoms with Crippen LogP contribution in [0.3, 0.4) is 0 Å². The van der Waals surface area contributed by atoms with E-state index in [2.05, 4.69) is 26.0 Å². The second kappa shape index (κ2) is 9.36. The monoisotopic (exact) mass is 394 g/mol. The van der Waals surface area contributed by atoms with Gasteiger partial charge in [-0.3, -0.25) is 0 Å². The molecule has 0 fully saturated rings. The Kier molecular flexibility index (Phi) is 7.16. The number of nitrogen functional groups attached to an aromatic ring is 1. The number of carbonyl (C=O) groups excluding carboxylic acids is 1. The van der Waals surface area contributed by atoms with Crippen molar-refractivity contribution in [2.45, 2.75) is 39.2 Å². The third-order valence-corrected chi connectivity index (χ3v) is 3.64. The van der Waals surface area contributed by atoms with Gasteiger partial charge in [-0.25, -0.2) is 25.0 Å². The summed E-state index contributed by atoms with van der Waals surface area (Å²) in [4.78, 5) is 20.3. The SMILES string of the molecule is COc1cc2nc(NCCCCNC(=O)OC(C)(C)C)c(NN)nc2cc1F. The van der Waals surface area contributed by atoms with Gasteiger partial charge in [0.2, 0.25) is 0 Å². The molecule has 1 aromatic heterocycles. The topological polar surface area (TPSA) is 123 Å². The van der Waals surface area contributed by atoms with Crippen LogP contribution in [0, 0.1) is 5.82 Å². The van der Waals surface area contributed by atoms with Crippen LogP contribution in [0.25, 0.3) is 11.0 Å². The Morgan fingerprint density at radius 1 is 1.14 bits per heavy atom. The number of nitrogens with one attached hydrogen (secondary N) is 3. The van der Waals surface area contributed by atoms with E-state index in [1.54, 1.807) is 0 Å². The molecule has 0 bridgehead atoms. The summed E-state index contributed by atoms with van der Waals surface area (Å²) in [5, 5.41) is 5.84. The molecule has 2 aromatic rings. The van der Waals surface area contributed by atoms with Gasteiger partial charge in [-0.15, -0.1) is 0 Å². The molecule has 1 heterocycles. The number of hydrogen-bond acceptors (Lipinski definition) is 8. The Morgan fingerprint density at radius 2 is 1.79 bits per heavy atom. The smallest absolute Gasteiger partial charge is 0.407 e. The lowest BCUT2D eigenvalue weighted by Crippen LogP contribution is -2.33. The highest BCUT2D eigenvalue weighted by molar-refractivity contribution is 5.81. The molecule has 0 aliphatic carbocycles. The molecule has 154 valence electrons. The van der Waals surface area contributed by atoms with Gasteiger partial charge >= 0.3 is 6.09 Å². The number of unbranched alkanes of at least 4 members (excludes halogenated alkanes) is 1. The van der Waals surface area contributed by atoms with Crippen molar-refractivity contribution in [3.05, 3.63) is 17.9 Å². The van der Waals surface area contributed by atoms with E-state index in [0.29, 0.717) is 35.8 Å². The summed E-state index contributed by atoms with van der Waals surface area (Å²) in [6, 6.07) is 2.72. The van der Waals surface area contributed by atoms with Crippen molar-refractivity contribution >= 4 is 28.8 Å². The van der Waals surface area contributed by atoms with Crippen LogP contribution in [-0.4, -0.2) is 41.9 Å². The quantitative estimate of drug-likeness (QED) is 0.306. The highest BCUT2D eigenvalue weighted by atomic mass is 19.1. The van der Waals surface area contributed by atoms with Gasteiger partial charge in [0.25, 0.3) is 0 Å². The minimum absolute atomic E-state index is 0.0921. The largest absolute Gasteiger partial charge is 0.494 e. The predicted molar refractivity (Wildman–Crippen MR) is 106 cm³/mol. The number of nitrogens with zero attached hydrogens (tertiary/aromatic N) is 2. The van der Waals surface area contributed by atoms with E-state index < -0.39 is 17.5 Å².